The SMILES string of the molecule is Brc1ccc(Nc2ccc(C3(c4ccccc4)c4ccccc4-c4ccccc43)cc2)c(I)c1. The molecule has 1 nitrogen and oxygen atoms in total. The molecule has 0 aliphatic heterocycles. The molecule has 1 aliphatic carbocycles. The number of benzene rings is 5. The average molecular weight is 614 g/mol. The number of fused-ring (bicyclic) bond motifs is 3. The highest BCUT2D eigenvalue weighted by atomic mass is 127. The molecule has 34 heavy (non-hydrogen) atoms. The first-order valence-electron chi connectivity index (χ1n) is 11.3. The van der Waals surface area contributed by atoms with Crippen LogP contribution in [0.2, 0.25) is 0 Å². The van der Waals surface area contributed by atoms with E-state index in [1.807, 2.05) is 0 Å². The van der Waals surface area contributed by atoms with Gasteiger partial charge in [0.25, 0.3) is 0 Å². The van der Waals surface area contributed by atoms with E-state index in [4.69, 9.17) is 0 Å². The van der Waals surface area contributed by atoms with Gasteiger partial charge in [0.05, 0.1) is 11.1 Å². The van der Waals surface area contributed by atoms with Crippen molar-refractivity contribution in [2.75, 3.05) is 5.32 Å². The van der Waals surface area contributed by atoms with Crippen molar-refractivity contribution in [2.24, 2.45) is 0 Å². The summed E-state index contributed by atoms with van der Waals surface area (Å²) in [6.07, 6.45) is 0. The van der Waals surface area contributed by atoms with Crippen molar-refractivity contribution >= 4 is 49.9 Å². The summed E-state index contributed by atoms with van der Waals surface area (Å²) in [6.45, 7) is 0. The van der Waals surface area contributed by atoms with Crippen LogP contribution < -0.4 is 5.32 Å². The molecule has 0 spiro atoms. The topological polar surface area (TPSA) is 12.0 Å². The molecule has 5 aromatic rings. The molecule has 0 heterocycles. The standard InChI is InChI=1S/C31H21BrIN/c32-23-16-19-30(29(33)20-23)34-24-17-14-22(15-18-24)31(21-8-2-1-3-9-21)27-12-6-4-10-25(27)26-11-5-7-13-28(26)31/h1-20,34H. The predicted molar refractivity (Wildman–Crippen MR) is 154 cm³/mol. The summed E-state index contributed by atoms with van der Waals surface area (Å²) < 4.78 is 2.26. The summed E-state index contributed by atoms with van der Waals surface area (Å²) in [5.74, 6) is 0. The van der Waals surface area contributed by atoms with Gasteiger partial charge in [0.15, 0.2) is 0 Å². The minimum Gasteiger partial charge on any atom is -0.355 e. The van der Waals surface area contributed by atoms with Crippen molar-refractivity contribution in [3.8, 4) is 11.1 Å². The lowest BCUT2D eigenvalue weighted by atomic mass is 9.68. The van der Waals surface area contributed by atoms with E-state index in [1.54, 1.807) is 0 Å². The van der Waals surface area contributed by atoms with Gasteiger partial charge in [0, 0.05) is 13.7 Å². The Kier molecular flexibility index (Phi) is 5.54. The molecule has 0 unspecified atom stereocenters. The van der Waals surface area contributed by atoms with Crippen LogP contribution in [-0.2, 0) is 5.41 Å². The number of halogens is 2. The number of hydrogen-bond acceptors (Lipinski definition) is 1. The normalized spacial score (nSPS) is 13.2. The van der Waals surface area contributed by atoms with E-state index in [9.17, 15) is 0 Å². The van der Waals surface area contributed by atoms with Crippen molar-refractivity contribution in [2.45, 2.75) is 5.41 Å². The zero-order valence-corrected chi connectivity index (χ0v) is 22.0. The fourth-order valence-electron chi connectivity index (χ4n) is 5.26. The molecule has 0 bridgehead atoms. The maximum Gasteiger partial charge on any atom is 0.0713 e. The van der Waals surface area contributed by atoms with E-state index in [2.05, 4.69) is 165 Å². The van der Waals surface area contributed by atoms with E-state index in [-0.39, 0.29) is 5.41 Å². The summed E-state index contributed by atoms with van der Waals surface area (Å²) in [4.78, 5) is 0. The summed E-state index contributed by atoms with van der Waals surface area (Å²) in [7, 11) is 0. The molecule has 164 valence electrons. The molecule has 3 heteroatoms. The van der Waals surface area contributed by atoms with Gasteiger partial charge in [0.1, 0.15) is 0 Å². The molecule has 0 fully saturated rings. The van der Waals surface area contributed by atoms with Gasteiger partial charge in [-0.3, -0.25) is 0 Å². The lowest BCUT2D eigenvalue weighted by Crippen LogP contribution is -2.28. The van der Waals surface area contributed by atoms with E-state index < -0.39 is 0 Å². The van der Waals surface area contributed by atoms with Crippen LogP contribution in [0.15, 0.2) is 126 Å². The summed E-state index contributed by atoms with van der Waals surface area (Å²) >= 11 is 5.92. The Labute approximate surface area is 222 Å². The molecule has 0 radical (unpaired) electrons. The van der Waals surface area contributed by atoms with Gasteiger partial charge in [-0.25, -0.2) is 0 Å². The van der Waals surface area contributed by atoms with Crippen molar-refractivity contribution in [3.05, 3.63) is 152 Å². The highest BCUT2D eigenvalue weighted by Gasteiger charge is 2.45. The fourth-order valence-corrected chi connectivity index (χ4v) is 6.70. The van der Waals surface area contributed by atoms with Gasteiger partial charge >= 0.3 is 0 Å². The number of nitrogens with one attached hydrogen (secondary N) is 1. The third-order valence-electron chi connectivity index (χ3n) is 6.69. The zero-order valence-electron chi connectivity index (χ0n) is 18.3. The minimum atomic E-state index is -0.348. The van der Waals surface area contributed by atoms with Crippen molar-refractivity contribution in [3.63, 3.8) is 0 Å². The molecular formula is C31H21BrIN. The minimum absolute atomic E-state index is 0.348. The van der Waals surface area contributed by atoms with Gasteiger partial charge in [-0.05, 0) is 86.3 Å². The molecule has 0 saturated carbocycles. The maximum absolute atomic E-state index is 3.58. The van der Waals surface area contributed by atoms with Crippen LogP contribution in [0.1, 0.15) is 22.3 Å². The quantitative estimate of drug-likeness (QED) is 0.195. The Morgan fingerprint density at radius 1 is 0.588 bits per heavy atom. The summed E-state index contributed by atoms with van der Waals surface area (Å²) in [5.41, 5.74) is 9.69. The monoisotopic (exact) mass is 613 g/mol. The fraction of sp³-hybridized carbons (Fsp3) is 0.0323. The predicted octanol–water partition coefficient (Wildman–Crippen LogP) is 9.16. The number of anilines is 2. The van der Waals surface area contributed by atoms with E-state index in [1.165, 1.54) is 37.0 Å². The second-order valence-electron chi connectivity index (χ2n) is 8.53. The number of rotatable bonds is 4. The van der Waals surface area contributed by atoms with Crippen molar-refractivity contribution < 1.29 is 0 Å². The van der Waals surface area contributed by atoms with Gasteiger partial charge in [0.2, 0.25) is 0 Å². The summed E-state index contributed by atoms with van der Waals surface area (Å²) in [5, 5.41) is 3.58. The highest BCUT2D eigenvalue weighted by Crippen LogP contribution is 2.55. The van der Waals surface area contributed by atoms with Crippen LogP contribution in [0.3, 0.4) is 0 Å². The average Bonchev–Trinajstić information content (AvgIpc) is 3.18. The Bertz CT molecular complexity index is 1450. The lowest BCUT2D eigenvalue weighted by Gasteiger charge is -2.34. The lowest BCUT2D eigenvalue weighted by molar-refractivity contribution is 0.768. The van der Waals surface area contributed by atoms with Crippen LogP contribution >= 0.6 is 38.5 Å². The Morgan fingerprint density at radius 2 is 1.15 bits per heavy atom. The maximum atomic E-state index is 3.58. The Morgan fingerprint density at radius 3 is 1.76 bits per heavy atom. The van der Waals surface area contributed by atoms with E-state index in [0.29, 0.717) is 0 Å². The first-order valence-corrected chi connectivity index (χ1v) is 13.1. The van der Waals surface area contributed by atoms with E-state index in [0.717, 1.165) is 15.8 Å². The zero-order chi connectivity index (χ0) is 23.1. The molecule has 0 amide bonds. The van der Waals surface area contributed by atoms with Gasteiger partial charge < -0.3 is 5.32 Å². The third-order valence-corrected chi connectivity index (χ3v) is 8.07. The Hall–Kier alpha value is -2.89. The molecule has 0 atom stereocenters. The first-order chi connectivity index (χ1) is 16.7. The molecular weight excluding hydrogens is 593 g/mol. The Balaban J connectivity index is 1.53. The molecule has 0 aromatic heterocycles. The molecule has 0 saturated heterocycles. The largest absolute Gasteiger partial charge is 0.355 e. The van der Waals surface area contributed by atoms with Crippen LogP contribution in [0.5, 0.6) is 0 Å². The molecule has 1 N–H and O–H groups in total. The van der Waals surface area contributed by atoms with Crippen molar-refractivity contribution in [1.82, 2.24) is 0 Å². The van der Waals surface area contributed by atoms with E-state index >= 15 is 0 Å². The van der Waals surface area contributed by atoms with Gasteiger partial charge in [-0.2, -0.15) is 0 Å². The molecule has 6 rings (SSSR count). The van der Waals surface area contributed by atoms with Gasteiger partial charge in [-0.15, -0.1) is 0 Å². The molecule has 5 aromatic carbocycles. The first kappa shape index (κ1) is 21.6. The van der Waals surface area contributed by atoms with Crippen LogP contribution in [0, 0.1) is 3.57 Å². The van der Waals surface area contributed by atoms with Gasteiger partial charge in [-0.1, -0.05) is 107 Å². The smallest absolute Gasteiger partial charge is 0.0713 e. The summed E-state index contributed by atoms with van der Waals surface area (Å²) in [6, 6.07) is 43.8. The molecule has 1 aliphatic rings. The van der Waals surface area contributed by atoms with Crippen LogP contribution in [0.25, 0.3) is 11.1 Å². The second-order valence-corrected chi connectivity index (χ2v) is 10.6. The van der Waals surface area contributed by atoms with Crippen molar-refractivity contribution in [1.29, 1.82) is 0 Å². The number of hydrogen-bond donors (Lipinski definition) is 1. The highest BCUT2D eigenvalue weighted by molar-refractivity contribution is 14.1. The second kappa shape index (κ2) is 8.71. The van der Waals surface area contributed by atoms with Crippen LogP contribution in [-0.4, -0.2) is 0 Å². The van der Waals surface area contributed by atoms with Crippen LogP contribution in [0.4, 0.5) is 11.4 Å². The third kappa shape index (κ3) is 3.41.